The van der Waals surface area contributed by atoms with Crippen LogP contribution in [0.15, 0.2) is 76.0 Å². The number of furan rings is 1. The Bertz CT molecular complexity index is 1880. The standard InChI is InChI=1S/C35H41N3O9S/c1-21(2)30(33(40)44-7)38-48(42,43)26-17-13-24(14-18-26)23-11-15-25(16-12-23)37-32(39)31-22(3)29-27(9-8-10-28(29)46-31)45-20-19-36-34(41)47-35(4,5)6/h8-18,21,30,38H,19-20H2,1-7H3,(H,36,41)(H,37,39)/t30-/m0/s1. The number of fused-ring (bicyclic) bond motifs is 1. The minimum Gasteiger partial charge on any atom is -0.491 e. The molecule has 0 bridgehead atoms. The second-order valence-electron chi connectivity index (χ2n) is 12.4. The largest absolute Gasteiger partial charge is 0.491 e. The van der Waals surface area contributed by atoms with Gasteiger partial charge in [0.1, 0.15) is 29.6 Å². The average molecular weight is 680 g/mol. The van der Waals surface area contributed by atoms with Crippen LogP contribution in [-0.4, -0.2) is 58.3 Å². The third-order valence-corrected chi connectivity index (χ3v) is 8.65. The first kappa shape index (κ1) is 36.0. The molecule has 1 atom stereocenters. The third-order valence-electron chi connectivity index (χ3n) is 7.19. The molecule has 0 saturated carbocycles. The quantitative estimate of drug-likeness (QED) is 0.120. The zero-order valence-corrected chi connectivity index (χ0v) is 28.8. The van der Waals surface area contributed by atoms with Gasteiger partial charge in [0.25, 0.3) is 5.91 Å². The van der Waals surface area contributed by atoms with E-state index in [-0.39, 0.29) is 29.7 Å². The van der Waals surface area contributed by atoms with Crippen LogP contribution in [0.2, 0.25) is 0 Å². The Morgan fingerprint density at radius 1 is 0.917 bits per heavy atom. The molecule has 0 unspecified atom stereocenters. The van der Waals surface area contributed by atoms with E-state index in [2.05, 4.69) is 15.4 Å². The lowest BCUT2D eigenvalue weighted by Crippen LogP contribution is -2.44. The number of carbonyl (C=O) groups is 3. The minimum atomic E-state index is -3.97. The van der Waals surface area contributed by atoms with Gasteiger partial charge in [-0.15, -0.1) is 0 Å². The van der Waals surface area contributed by atoms with Gasteiger partial charge in [-0.2, -0.15) is 4.72 Å². The molecule has 13 heteroatoms. The SMILES string of the molecule is COC(=O)[C@@H](NS(=O)(=O)c1ccc(-c2ccc(NC(=O)c3oc4cccc(OCCNC(=O)OC(C)(C)C)c4c3C)cc2)cc1)C(C)C. The summed E-state index contributed by atoms with van der Waals surface area (Å²) < 4.78 is 50.0. The van der Waals surface area contributed by atoms with Crippen LogP contribution < -0.4 is 20.1 Å². The Kier molecular flexibility index (Phi) is 11.2. The second kappa shape index (κ2) is 14.9. The predicted octanol–water partition coefficient (Wildman–Crippen LogP) is 6.04. The molecule has 1 heterocycles. The number of amides is 2. The highest BCUT2D eigenvalue weighted by Gasteiger charge is 2.29. The lowest BCUT2D eigenvalue weighted by atomic mass is 10.1. The molecule has 3 aromatic carbocycles. The molecule has 4 rings (SSSR count). The molecule has 12 nitrogen and oxygen atoms in total. The molecule has 3 N–H and O–H groups in total. The number of esters is 1. The highest BCUT2D eigenvalue weighted by molar-refractivity contribution is 7.89. The minimum absolute atomic E-state index is 0.0110. The number of methoxy groups -OCH3 is 1. The van der Waals surface area contributed by atoms with Crippen molar-refractivity contribution in [3.05, 3.63) is 78.1 Å². The van der Waals surface area contributed by atoms with Gasteiger partial charge < -0.3 is 29.3 Å². The first-order valence-corrected chi connectivity index (χ1v) is 16.8. The molecule has 2 amide bonds. The summed E-state index contributed by atoms with van der Waals surface area (Å²) in [4.78, 5) is 37.2. The van der Waals surface area contributed by atoms with E-state index < -0.39 is 39.6 Å². The van der Waals surface area contributed by atoms with Crippen LogP contribution in [0, 0.1) is 12.8 Å². The maximum Gasteiger partial charge on any atom is 0.407 e. The van der Waals surface area contributed by atoms with Crippen molar-refractivity contribution in [2.75, 3.05) is 25.6 Å². The van der Waals surface area contributed by atoms with Crippen LogP contribution in [0.4, 0.5) is 10.5 Å². The number of hydrogen-bond acceptors (Lipinski definition) is 9. The van der Waals surface area contributed by atoms with E-state index in [1.807, 2.05) is 0 Å². The van der Waals surface area contributed by atoms with Crippen molar-refractivity contribution in [3.8, 4) is 16.9 Å². The topological polar surface area (TPSA) is 162 Å². The van der Waals surface area contributed by atoms with Crippen LogP contribution in [0.3, 0.4) is 0 Å². The smallest absolute Gasteiger partial charge is 0.407 e. The van der Waals surface area contributed by atoms with Gasteiger partial charge in [-0.05, 0) is 81.1 Å². The van der Waals surface area contributed by atoms with Crippen LogP contribution in [0.5, 0.6) is 5.75 Å². The number of sulfonamides is 1. The predicted molar refractivity (Wildman–Crippen MR) is 181 cm³/mol. The van der Waals surface area contributed by atoms with Crippen LogP contribution >= 0.6 is 0 Å². The van der Waals surface area contributed by atoms with E-state index >= 15 is 0 Å². The van der Waals surface area contributed by atoms with Crippen molar-refractivity contribution in [3.63, 3.8) is 0 Å². The van der Waals surface area contributed by atoms with Gasteiger partial charge in [0.2, 0.25) is 10.0 Å². The molecule has 0 aliphatic heterocycles. The van der Waals surface area contributed by atoms with Gasteiger partial charge in [0.05, 0.1) is 23.9 Å². The molecule has 1 aromatic heterocycles. The molecule has 256 valence electrons. The van der Waals surface area contributed by atoms with Crippen molar-refractivity contribution in [1.29, 1.82) is 0 Å². The maximum atomic E-state index is 13.2. The van der Waals surface area contributed by atoms with Crippen molar-refractivity contribution < 1.29 is 41.4 Å². The number of rotatable bonds is 12. The summed E-state index contributed by atoms with van der Waals surface area (Å²) >= 11 is 0. The Hall–Kier alpha value is -4.88. The Labute approximate surface area is 280 Å². The summed E-state index contributed by atoms with van der Waals surface area (Å²) in [6.07, 6.45) is -0.537. The molecular formula is C35H41N3O9S. The number of carbonyl (C=O) groups excluding carboxylic acids is 3. The van der Waals surface area contributed by atoms with E-state index in [9.17, 15) is 22.8 Å². The molecular weight excluding hydrogens is 638 g/mol. The van der Waals surface area contributed by atoms with E-state index in [1.165, 1.54) is 19.2 Å². The number of nitrogens with one attached hydrogen (secondary N) is 3. The van der Waals surface area contributed by atoms with Crippen molar-refractivity contribution in [1.82, 2.24) is 10.0 Å². The molecule has 48 heavy (non-hydrogen) atoms. The lowest BCUT2D eigenvalue weighted by Gasteiger charge is -2.19. The van der Waals surface area contributed by atoms with Gasteiger partial charge in [0.15, 0.2) is 5.76 Å². The first-order valence-electron chi connectivity index (χ1n) is 15.3. The highest BCUT2D eigenvalue weighted by atomic mass is 32.2. The lowest BCUT2D eigenvalue weighted by molar-refractivity contribution is -0.143. The van der Waals surface area contributed by atoms with Gasteiger partial charge in [-0.3, -0.25) is 9.59 Å². The van der Waals surface area contributed by atoms with E-state index in [4.69, 9.17) is 18.6 Å². The Balaban J connectivity index is 1.40. The molecule has 0 spiro atoms. The second-order valence-corrected chi connectivity index (χ2v) is 14.1. The number of aryl methyl sites for hydroxylation is 1. The highest BCUT2D eigenvalue weighted by Crippen LogP contribution is 2.34. The summed E-state index contributed by atoms with van der Waals surface area (Å²) in [6.45, 7) is 11.0. The molecule has 4 aromatic rings. The number of ether oxygens (including phenoxy) is 3. The van der Waals surface area contributed by atoms with Gasteiger partial charge >= 0.3 is 12.1 Å². The number of hydrogen-bond donors (Lipinski definition) is 3. The Morgan fingerprint density at radius 3 is 2.12 bits per heavy atom. The summed E-state index contributed by atoms with van der Waals surface area (Å²) in [6, 6.07) is 17.6. The fourth-order valence-electron chi connectivity index (χ4n) is 4.81. The summed E-state index contributed by atoms with van der Waals surface area (Å²) in [7, 11) is -2.76. The average Bonchev–Trinajstić information content (AvgIpc) is 3.38. The fourth-order valence-corrected chi connectivity index (χ4v) is 6.14. The van der Waals surface area contributed by atoms with Crippen molar-refractivity contribution in [2.45, 2.75) is 58.1 Å². The van der Waals surface area contributed by atoms with Crippen molar-refractivity contribution >= 4 is 44.6 Å². The van der Waals surface area contributed by atoms with Crippen LogP contribution in [-0.2, 0) is 24.3 Å². The van der Waals surface area contributed by atoms with Gasteiger partial charge in [0, 0.05) is 11.3 Å². The van der Waals surface area contributed by atoms with E-state index in [1.54, 1.807) is 96.1 Å². The molecule has 0 radical (unpaired) electrons. The van der Waals surface area contributed by atoms with E-state index in [0.717, 1.165) is 11.1 Å². The van der Waals surface area contributed by atoms with Gasteiger partial charge in [-0.25, -0.2) is 13.2 Å². The van der Waals surface area contributed by atoms with Crippen LogP contribution in [0.25, 0.3) is 22.1 Å². The first-order chi connectivity index (χ1) is 22.6. The molecule has 0 fully saturated rings. The zero-order chi connectivity index (χ0) is 35.2. The molecule has 0 saturated heterocycles. The summed E-state index contributed by atoms with van der Waals surface area (Å²) in [5.41, 5.74) is 2.56. The fraction of sp³-hybridized carbons (Fsp3) is 0.343. The third kappa shape index (κ3) is 8.92. The van der Waals surface area contributed by atoms with E-state index in [0.29, 0.717) is 28.0 Å². The number of alkyl carbamates (subject to hydrolysis) is 1. The number of anilines is 1. The van der Waals surface area contributed by atoms with Gasteiger partial charge in [-0.1, -0.05) is 44.2 Å². The van der Waals surface area contributed by atoms with Crippen LogP contribution in [0.1, 0.15) is 50.7 Å². The summed E-state index contributed by atoms with van der Waals surface area (Å²) in [5.74, 6) is -0.759. The normalized spacial score (nSPS) is 12.4. The summed E-state index contributed by atoms with van der Waals surface area (Å²) in [5, 5.41) is 6.15. The molecule has 0 aliphatic rings. The van der Waals surface area contributed by atoms with Crippen molar-refractivity contribution in [2.24, 2.45) is 5.92 Å². The Morgan fingerprint density at radius 2 is 1.54 bits per heavy atom. The zero-order valence-electron chi connectivity index (χ0n) is 28.0. The maximum absolute atomic E-state index is 13.2. The number of benzene rings is 3. The monoisotopic (exact) mass is 679 g/mol. The molecule has 0 aliphatic carbocycles.